The number of rotatable bonds is 3. The van der Waals surface area contributed by atoms with Crippen LogP contribution >= 0.6 is 0 Å². The van der Waals surface area contributed by atoms with Crippen LogP contribution in [0.4, 0.5) is 11.4 Å². The highest BCUT2D eigenvalue weighted by atomic mass is 16.5. The summed E-state index contributed by atoms with van der Waals surface area (Å²) in [6.07, 6.45) is 0. The van der Waals surface area contributed by atoms with Gasteiger partial charge in [0.1, 0.15) is 11.5 Å². The fourth-order valence-corrected chi connectivity index (χ4v) is 2.19. The summed E-state index contributed by atoms with van der Waals surface area (Å²) in [6, 6.07) is 23.2. The molecule has 0 aliphatic carbocycles. The van der Waals surface area contributed by atoms with Gasteiger partial charge in [0.25, 0.3) is 0 Å². The molecule has 4 N–H and O–H groups in total. The van der Waals surface area contributed by atoms with Crippen molar-refractivity contribution in [2.24, 2.45) is 0 Å². The van der Waals surface area contributed by atoms with Gasteiger partial charge in [-0.1, -0.05) is 48.5 Å². The first-order valence-electron chi connectivity index (χ1n) is 6.71. The Morgan fingerprint density at radius 3 is 2.14 bits per heavy atom. The summed E-state index contributed by atoms with van der Waals surface area (Å²) in [5.41, 5.74) is 14.9. The third kappa shape index (κ3) is 2.82. The average molecular weight is 276 g/mol. The van der Waals surface area contributed by atoms with Gasteiger partial charge in [-0.3, -0.25) is 0 Å². The molecule has 0 saturated heterocycles. The highest BCUT2D eigenvalue weighted by molar-refractivity contribution is 5.71. The Kier molecular flexibility index (Phi) is 3.48. The maximum Gasteiger partial charge on any atom is 0.150 e. The Hall–Kier alpha value is -2.94. The number of para-hydroxylation sites is 1. The molecule has 0 atom stereocenters. The molecule has 0 fully saturated rings. The van der Waals surface area contributed by atoms with Crippen molar-refractivity contribution in [3.8, 4) is 22.6 Å². The number of benzene rings is 3. The molecular weight excluding hydrogens is 260 g/mol. The van der Waals surface area contributed by atoms with E-state index in [-0.39, 0.29) is 0 Å². The first-order chi connectivity index (χ1) is 10.2. The average Bonchev–Trinajstić information content (AvgIpc) is 2.51. The van der Waals surface area contributed by atoms with E-state index in [1.165, 1.54) is 0 Å². The molecule has 0 spiro atoms. The van der Waals surface area contributed by atoms with Crippen molar-refractivity contribution in [2.75, 3.05) is 11.5 Å². The molecule has 3 heteroatoms. The quantitative estimate of drug-likeness (QED) is 0.701. The summed E-state index contributed by atoms with van der Waals surface area (Å²) in [4.78, 5) is 0. The summed E-state index contributed by atoms with van der Waals surface area (Å²) in [5, 5.41) is 0. The molecule has 3 aromatic carbocycles. The Labute approximate surface area is 123 Å². The number of nitrogens with two attached hydrogens (primary N) is 2. The predicted molar refractivity (Wildman–Crippen MR) is 87.2 cm³/mol. The molecule has 0 saturated carbocycles. The molecule has 3 aromatic rings. The monoisotopic (exact) mass is 276 g/mol. The maximum atomic E-state index is 5.97. The van der Waals surface area contributed by atoms with E-state index in [1.54, 1.807) is 18.2 Å². The van der Waals surface area contributed by atoms with Crippen LogP contribution < -0.4 is 16.2 Å². The highest BCUT2D eigenvalue weighted by Gasteiger charge is 2.08. The minimum absolute atomic E-state index is 0.526. The van der Waals surface area contributed by atoms with Gasteiger partial charge in [0, 0.05) is 11.3 Å². The molecule has 3 rings (SSSR count). The van der Waals surface area contributed by atoms with Gasteiger partial charge in [0.05, 0.1) is 5.69 Å². The molecule has 21 heavy (non-hydrogen) atoms. The zero-order valence-electron chi connectivity index (χ0n) is 11.5. The lowest BCUT2D eigenvalue weighted by Gasteiger charge is -2.13. The van der Waals surface area contributed by atoms with E-state index in [0.29, 0.717) is 17.1 Å². The number of anilines is 2. The topological polar surface area (TPSA) is 61.3 Å². The van der Waals surface area contributed by atoms with E-state index >= 15 is 0 Å². The van der Waals surface area contributed by atoms with Crippen LogP contribution in [-0.4, -0.2) is 0 Å². The van der Waals surface area contributed by atoms with Crippen molar-refractivity contribution in [1.29, 1.82) is 0 Å². The van der Waals surface area contributed by atoms with Gasteiger partial charge < -0.3 is 16.2 Å². The van der Waals surface area contributed by atoms with Crippen molar-refractivity contribution < 1.29 is 4.74 Å². The van der Waals surface area contributed by atoms with Crippen LogP contribution in [0.25, 0.3) is 11.1 Å². The molecule has 0 radical (unpaired) electrons. The molecule has 0 unspecified atom stereocenters. The van der Waals surface area contributed by atoms with Gasteiger partial charge in [-0.2, -0.15) is 0 Å². The van der Waals surface area contributed by atoms with Gasteiger partial charge in [-0.15, -0.1) is 0 Å². The predicted octanol–water partition coefficient (Wildman–Crippen LogP) is 4.31. The Balaban J connectivity index is 2.00. The van der Waals surface area contributed by atoms with Crippen LogP contribution in [0.2, 0.25) is 0 Å². The number of hydrogen-bond acceptors (Lipinski definition) is 3. The van der Waals surface area contributed by atoms with Crippen LogP contribution in [0.5, 0.6) is 11.5 Å². The maximum absolute atomic E-state index is 5.97. The zero-order valence-corrected chi connectivity index (χ0v) is 11.5. The van der Waals surface area contributed by atoms with Crippen molar-refractivity contribution in [2.45, 2.75) is 0 Å². The van der Waals surface area contributed by atoms with Gasteiger partial charge >= 0.3 is 0 Å². The summed E-state index contributed by atoms with van der Waals surface area (Å²) in [6.45, 7) is 0. The van der Waals surface area contributed by atoms with Gasteiger partial charge in [-0.25, -0.2) is 0 Å². The molecule has 3 nitrogen and oxygen atoms in total. The van der Waals surface area contributed by atoms with E-state index < -0.39 is 0 Å². The van der Waals surface area contributed by atoms with Crippen molar-refractivity contribution in [3.05, 3.63) is 72.8 Å². The number of hydrogen-bond donors (Lipinski definition) is 2. The minimum atomic E-state index is 0.526. The second-order valence-corrected chi connectivity index (χ2v) is 4.76. The van der Waals surface area contributed by atoms with E-state index in [2.05, 4.69) is 12.1 Å². The van der Waals surface area contributed by atoms with Crippen molar-refractivity contribution in [3.63, 3.8) is 0 Å². The van der Waals surface area contributed by atoms with Crippen molar-refractivity contribution in [1.82, 2.24) is 0 Å². The minimum Gasteiger partial charge on any atom is -0.455 e. The standard InChI is InChI=1S/C18H16N2O/c19-14-10-11-18(16(20)12-14)21-17-9-5-4-8-15(17)13-6-2-1-3-7-13/h1-12H,19-20H2. The van der Waals surface area contributed by atoms with Crippen molar-refractivity contribution >= 4 is 11.4 Å². The third-order valence-electron chi connectivity index (χ3n) is 3.23. The largest absolute Gasteiger partial charge is 0.455 e. The van der Waals surface area contributed by atoms with Gasteiger partial charge in [-0.05, 0) is 29.8 Å². The first kappa shape index (κ1) is 13.1. The Morgan fingerprint density at radius 2 is 1.38 bits per heavy atom. The highest BCUT2D eigenvalue weighted by Crippen LogP contribution is 2.35. The normalized spacial score (nSPS) is 10.3. The van der Waals surface area contributed by atoms with E-state index in [9.17, 15) is 0 Å². The summed E-state index contributed by atoms with van der Waals surface area (Å²) >= 11 is 0. The number of nitrogen functional groups attached to an aromatic ring is 2. The molecule has 0 aromatic heterocycles. The van der Waals surface area contributed by atoms with E-state index in [4.69, 9.17) is 16.2 Å². The van der Waals surface area contributed by atoms with E-state index in [0.717, 1.165) is 16.9 Å². The van der Waals surface area contributed by atoms with E-state index in [1.807, 2.05) is 42.5 Å². The molecule has 104 valence electrons. The summed E-state index contributed by atoms with van der Waals surface area (Å²) < 4.78 is 5.97. The second-order valence-electron chi connectivity index (χ2n) is 4.76. The molecular formula is C18H16N2O. The Morgan fingerprint density at radius 1 is 0.667 bits per heavy atom. The summed E-state index contributed by atoms with van der Waals surface area (Å²) in [5.74, 6) is 1.37. The third-order valence-corrected chi connectivity index (χ3v) is 3.23. The van der Waals surface area contributed by atoms with Crippen LogP contribution in [0.15, 0.2) is 72.8 Å². The first-order valence-corrected chi connectivity index (χ1v) is 6.71. The zero-order chi connectivity index (χ0) is 14.7. The second kappa shape index (κ2) is 5.59. The van der Waals surface area contributed by atoms with Crippen LogP contribution in [0.1, 0.15) is 0 Å². The molecule has 0 bridgehead atoms. The van der Waals surface area contributed by atoms with Crippen LogP contribution in [0.3, 0.4) is 0 Å². The lowest BCUT2D eigenvalue weighted by molar-refractivity contribution is 0.487. The van der Waals surface area contributed by atoms with Gasteiger partial charge in [0.15, 0.2) is 0 Å². The fraction of sp³-hybridized carbons (Fsp3) is 0. The Bertz CT molecular complexity index is 754. The molecule has 0 heterocycles. The summed E-state index contributed by atoms with van der Waals surface area (Å²) in [7, 11) is 0. The molecule has 0 aliphatic heterocycles. The smallest absolute Gasteiger partial charge is 0.150 e. The van der Waals surface area contributed by atoms with Gasteiger partial charge in [0.2, 0.25) is 0 Å². The fourth-order valence-electron chi connectivity index (χ4n) is 2.19. The lowest BCUT2D eigenvalue weighted by Crippen LogP contribution is -1.95. The van der Waals surface area contributed by atoms with Crippen LogP contribution in [-0.2, 0) is 0 Å². The lowest BCUT2D eigenvalue weighted by atomic mass is 10.0. The SMILES string of the molecule is Nc1ccc(Oc2ccccc2-c2ccccc2)c(N)c1. The van der Waals surface area contributed by atoms with Crippen LogP contribution in [0, 0.1) is 0 Å². The molecule has 0 aliphatic rings. The number of ether oxygens (including phenoxy) is 1. The molecule has 0 amide bonds.